The van der Waals surface area contributed by atoms with Crippen LogP contribution >= 0.6 is 0 Å². The van der Waals surface area contributed by atoms with Gasteiger partial charge in [0.1, 0.15) is 48.3 Å². The number of guanidine groups is 1. The number of benzene rings is 2. The van der Waals surface area contributed by atoms with E-state index < -0.39 is 126 Å². The Kier molecular flexibility index (Phi) is 45.3. The highest BCUT2D eigenvalue weighted by Gasteiger charge is 2.44. The van der Waals surface area contributed by atoms with Crippen molar-refractivity contribution < 1.29 is 72.1 Å². The Hall–Kier alpha value is -9.27. The van der Waals surface area contributed by atoms with Crippen molar-refractivity contribution in [2.24, 2.45) is 17.2 Å². The van der Waals surface area contributed by atoms with Gasteiger partial charge in [0.05, 0.1) is 39.0 Å². The molecule has 0 saturated carbocycles. The second-order valence-corrected chi connectivity index (χ2v) is 29.3. The molecule has 0 spiro atoms. The van der Waals surface area contributed by atoms with Crippen LogP contribution in [0, 0.1) is 5.41 Å². The molecule has 1 aromatic heterocycles. The van der Waals surface area contributed by atoms with Crippen LogP contribution in [-0.2, 0) is 79.8 Å². The van der Waals surface area contributed by atoms with Gasteiger partial charge in [0.25, 0.3) is 0 Å². The molecule has 2 aliphatic heterocycles. The number of H-pyrrole nitrogens is 1. The first-order valence-electron chi connectivity index (χ1n) is 40.8. The topological polar surface area (TPSA) is 497 Å². The number of rotatable bonds is 48. The van der Waals surface area contributed by atoms with Crippen molar-refractivity contribution in [2.75, 3.05) is 65.7 Å². The standard InChI is InChI=1S/C80H129N17O15/c1-3-5-7-8-9-10-11-12-13-14-15-16-17-18-22-36-68(99)86-43-45-111-47-48-112-46-44-87-69(100)37-27-38-70(101)90-63(39-40-81)75(106)92-61(32-6-4-2)74(105)96-66-52-71(102)85-41-26-25-34-60(72(82)103)91-77(108)65(50-56-53-89-59-33-24-23-31-58(56)59)94-73(104)62(35-28-42-88-80(83)84)93-76(107)64(49-55-29-20-19-21-30-55)95-78(109)67-51-57(98)54-97(67)79(66)110/h19-21,23-24,29-31,33,53,57,60-67,89,98H,3-18,22,25-28,32,34-52,54,81H2,1-2H3,(H2,82,103)(H,85,102)(H,86,99)(H,87,100)(H,90,101)(H,91,108)(H,92,106)(H,93,107)(H,94,104)(H,95,109)(H,96,105)(H4,83,84,88)/t57-,60+,61+,62+,63+,64-,65+,66+,67+/m1/s1. The SMILES string of the molecule is CCCCCCCCCCCCCCCCCC(=O)NCCOCCOCCNC(=O)CCCC(=O)N[C@@H](CCN)C(=O)N[C@@H](CCCC)C(=O)N[C@H]1CC(=O)NCCCC[C@@H](C(N)=O)NC(=O)[C@H](Cc2c[nH]c3ccccc23)NC(=O)[C@H](CCCNC(=N)N)NC(=O)[C@@H](Cc2ccccc2)NC(=O)[C@@H]2C[C@@H](O)CN2C1=O. The number of aliphatic hydroxyl groups excluding tert-OH is 1. The van der Waals surface area contributed by atoms with E-state index in [2.05, 4.69) is 70.4 Å². The lowest BCUT2D eigenvalue weighted by molar-refractivity contribution is -0.143. The largest absolute Gasteiger partial charge is 0.391 e. The van der Waals surface area contributed by atoms with E-state index in [1.54, 1.807) is 42.6 Å². The first-order valence-corrected chi connectivity index (χ1v) is 40.8. The number of unbranched alkanes of at least 4 members (excludes halogenated alkanes) is 15. The van der Waals surface area contributed by atoms with E-state index in [1.807, 2.05) is 25.1 Å². The van der Waals surface area contributed by atoms with Gasteiger partial charge in [-0.1, -0.05) is 165 Å². The Bertz CT molecular complexity index is 3400. The van der Waals surface area contributed by atoms with Crippen LogP contribution in [0.1, 0.15) is 218 Å². The summed E-state index contributed by atoms with van der Waals surface area (Å²) in [6, 6.07) is 4.45. The van der Waals surface area contributed by atoms with E-state index in [4.69, 9.17) is 32.1 Å². The van der Waals surface area contributed by atoms with E-state index in [0.717, 1.165) is 35.1 Å². The summed E-state index contributed by atoms with van der Waals surface area (Å²) in [6.45, 7) is 5.38. The van der Waals surface area contributed by atoms with E-state index in [0.29, 0.717) is 50.1 Å². The fraction of sp³-hybridized carbons (Fsp3) is 0.662. The molecule has 624 valence electrons. The average Bonchev–Trinajstić information content (AvgIpc) is 1.60. The van der Waals surface area contributed by atoms with E-state index in [9.17, 15) is 57.8 Å². The average molecular weight is 1570 g/mol. The van der Waals surface area contributed by atoms with Crippen LogP contribution in [0.5, 0.6) is 0 Å². The van der Waals surface area contributed by atoms with Gasteiger partial charge in [-0.05, 0) is 81.5 Å². The summed E-state index contributed by atoms with van der Waals surface area (Å²) in [5, 5.41) is 49.7. The van der Waals surface area contributed by atoms with E-state index >= 15 is 4.79 Å². The molecule has 2 aromatic carbocycles. The van der Waals surface area contributed by atoms with Crippen LogP contribution in [-0.4, -0.2) is 212 Å². The number of aliphatic hydroxyl groups is 1. The first-order chi connectivity index (χ1) is 54.1. The van der Waals surface area contributed by atoms with Crippen LogP contribution < -0.4 is 75.7 Å². The number of nitrogens with one attached hydrogen (secondary N) is 13. The number of amides is 12. The van der Waals surface area contributed by atoms with E-state index in [-0.39, 0.29) is 141 Å². The highest BCUT2D eigenvalue weighted by Crippen LogP contribution is 2.24. The fourth-order valence-electron chi connectivity index (χ4n) is 13.6. The summed E-state index contributed by atoms with van der Waals surface area (Å²) in [5.74, 6) is -8.97. The van der Waals surface area contributed by atoms with Crippen molar-refractivity contribution >= 4 is 87.7 Å². The Morgan fingerprint density at radius 3 is 1.79 bits per heavy atom. The Labute approximate surface area is 659 Å². The number of fused-ring (bicyclic) bond motifs is 2. The van der Waals surface area contributed by atoms with Crippen LogP contribution in [0.3, 0.4) is 0 Å². The Morgan fingerprint density at radius 1 is 0.589 bits per heavy atom. The molecule has 3 heterocycles. The maximum Gasteiger partial charge on any atom is 0.246 e. The molecule has 9 atom stereocenters. The smallest absolute Gasteiger partial charge is 0.246 e. The number of aromatic nitrogens is 1. The quantitative estimate of drug-likeness (QED) is 0.0219. The highest BCUT2D eigenvalue weighted by atomic mass is 16.5. The number of hydrogen-bond donors (Lipinski definition) is 17. The molecule has 32 heteroatoms. The van der Waals surface area contributed by atoms with Gasteiger partial charge in [0, 0.05) is 88.3 Å². The molecule has 5 rings (SSSR count). The van der Waals surface area contributed by atoms with Crippen molar-refractivity contribution in [3.05, 3.63) is 71.9 Å². The number of aromatic amines is 1. The summed E-state index contributed by atoms with van der Waals surface area (Å²) in [5.41, 5.74) is 19.3. The molecule has 2 aliphatic rings. The zero-order valence-corrected chi connectivity index (χ0v) is 66.0. The predicted octanol–water partition coefficient (Wildman–Crippen LogP) is 2.98. The van der Waals surface area contributed by atoms with Crippen molar-refractivity contribution in [3.8, 4) is 0 Å². The molecule has 0 bridgehead atoms. The molecular weight excluding hydrogens is 1440 g/mol. The second kappa shape index (κ2) is 54.4. The maximum absolute atomic E-state index is 15.1. The third kappa shape index (κ3) is 36.9. The molecule has 0 radical (unpaired) electrons. The zero-order valence-electron chi connectivity index (χ0n) is 66.0. The number of nitrogens with two attached hydrogens (primary N) is 3. The molecule has 2 saturated heterocycles. The van der Waals surface area contributed by atoms with Crippen molar-refractivity contribution in [3.63, 3.8) is 0 Å². The highest BCUT2D eigenvalue weighted by molar-refractivity contribution is 6.00. The monoisotopic (exact) mass is 1570 g/mol. The molecule has 112 heavy (non-hydrogen) atoms. The summed E-state index contributed by atoms with van der Waals surface area (Å²) in [4.78, 5) is 172. The van der Waals surface area contributed by atoms with Gasteiger partial charge >= 0.3 is 0 Å². The second-order valence-electron chi connectivity index (χ2n) is 29.3. The van der Waals surface area contributed by atoms with Gasteiger partial charge in [-0.15, -0.1) is 0 Å². The van der Waals surface area contributed by atoms with Gasteiger partial charge in [-0.3, -0.25) is 62.9 Å². The van der Waals surface area contributed by atoms with Gasteiger partial charge in [-0.2, -0.15) is 0 Å². The lowest BCUT2D eigenvalue weighted by atomic mass is 10.0. The van der Waals surface area contributed by atoms with Crippen molar-refractivity contribution in [1.29, 1.82) is 5.41 Å². The Balaban J connectivity index is 1.18. The van der Waals surface area contributed by atoms with Gasteiger partial charge < -0.3 is 100 Å². The summed E-state index contributed by atoms with van der Waals surface area (Å²) in [6.07, 6.45) is 19.9. The summed E-state index contributed by atoms with van der Waals surface area (Å²) in [7, 11) is 0. The Morgan fingerprint density at radius 2 is 1.15 bits per heavy atom. The molecule has 0 aliphatic carbocycles. The molecule has 20 N–H and O–H groups in total. The minimum Gasteiger partial charge on any atom is -0.391 e. The van der Waals surface area contributed by atoms with Crippen LogP contribution in [0.4, 0.5) is 0 Å². The normalized spacial score (nSPS) is 19.5. The number of carbonyl (C=O) groups excluding carboxylic acids is 12. The van der Waals surface area contributed by atoms with Crippen molar-refractivity contribution in [1.82, 2.24) is 68.4 Å². The number of carbonyl (C=O) groups is 12. The van der Waals surface area contributed by atoms with E-state index in [1.165, 1.54) is 77.0 Å². The molecular formula is C80H129N17O15. The van der Waals surface area contributed by atoms with Gasteiger partial charge in [0.2, 0.25) is 70.9 Å². The number of hydrogen-bond acceptors (Lipinski definition) is 17. The number of para-hydroxylation sites is 1. The maximum atomic E-state index is 15.1. The molecule has 3 aromatic rings. The first kappa shape index (κ1) is 93.3. The van der Waals surface area contributed by atoms with Crippen LogP contribution in [0.2, 0.25) is 0 Å². The number of ether oxygens (including phenoxy) is 2. The van der Waals surface area contributed by atoms with Gasteiger partial charge in [-0.25, -0.2) is 0 Å². The molecule has 32 nitrogen and oxygen atoms in total. The van der Waals surface area contributed by atoms with Crippen LogP contribution in [0.15, 0.2) is 60.8 Å². The summed E-state index contributed by atoms with van der Waals surface area (Å²) >= 11 is 0. The summed E-state index contributed by atoms with van der Waals surface area (Å²) < 4.78 is 11.2. The van der Waals surface area contributed by atoms with Crippen LogP contribution in [0.25, 0.3) is 10.9 Å². The number of primary amides is 1. The molecule has 2 fully saturated rings. The zero-order chi connectivity index (χ0) is 81.3. The van der Waals surface area contributed by atoms with Crippen molar-refractivity contribution in [2.45, 2.75) is 274 Å². The van der Waals surface area contributed by atoms with Gasteiger partial charge in [0.15, 0.2) is 5.96 Å². The minimum atomic E-state index is -1.75. The fourth-order valence-corrected chi connectivity index (χ4v) is 13.6. The molecule has 12 amide bonds. The molecule has 0 unspecified atom stereocenters. The third-order valence-electron chi connectivity index (χ3n) is 19.9. The third-order valence-corrected chi connectivity index (χ3v) is 19.9. The lowest BCUT2D eigenvalue weighted by Crippen LogP contribution is -2.60. The predicted molar refractivity (Wildman–Crippen MR) is 426 cm³/mol. The number of nitrogens with zero attached hydrogens (tertiary/aromatic N) is 1. The minimum absolute atomic E-state index is 0.0149. The lowest BCUT2D eigenvalue weighted by Gasteiger charge is -2.31.